The lowest BCUT2D eigenvalue weighted by Crippen LogP contribution is -2.51. The van der Waals surface area contributed by atoms with Crippen molar-refractivity contribution < 1.29 is 19.4 Å². The average Bonchev–Trinajstić information content (AvgIpc) is 2.98. The highest BCUT2D eigenvalue weighted by molar-refractivity contribution is 6.30. The smallest absolute Gasteiger partial charge is 0.322 e. The third-order valence-corrected chi connectivity index (χ3v) is 4.51. The predicted molar refractivity (Wildman–Crippen MR) is 96.5 cm³/mol. The van der Waals surface area contributed by atoms with Crippen LogP contribution in [0, 0.1) is 6.92 Å². The molecule has 0 spiro atoms. The first-order chi connectivity index (χ1) is 12.9. The van der Waals surface area contributed by atoms with Crippen LogP contribution in [0.4, 0.5) is 0 Å². The van der Waals surface area contributed by atoms with Crippen molar-refractivity contribution in [1.82, 2.24) is 25.0 Å². The van der Waals surface area contributed by atoms with E-state index in [2.05, 4.69) is 15.5 Å². The Hall–Kier alpha value is -2.65. The van der Waals surface area contributed by atoms with Crippen molar-refractivity contribution >= 4 is 23.5 Å². The van der Waals surface area contributed by atoms with Gasteiger partial charge in [0.2, 0.25) is 5.91 Å². The van der Waals surface area contributed by atoms with Crippen molar-refractivity contribution in [1.29, 1.82) is 0 Å². The van der Waals surface area contributed by atoms with Crippen molar-refractivity contribution in [3.05, 3.63) is 40.9 Å². The van der Waals surface area contributed by atoms with Gasteiger partial charge >= 0.3 is 5.97 Å². The molecule has 144 valence electrons. The van der Waals surface area contributed by atoms with Gasteiger partial charge in [0.05, 0.1) is 26.2 Å². The molecule has 1 aliphatic heterocycles. The van der Waals surface area contributed by atoms with Gasteiger partial charge in [-0.25, -0.2) is 0 Å². The van der Waals surface area contributed by atoms with Gasteiger partial charge < -0.3 is 19.7 Å². The lowest BCUT2D eigenvalue weighted by atomic mass is 10.2. The minimum Gasteiger partial charge on any atom is -0.492 e. The van der Waals surface area contributed by atoms with Crippen LogP contribution in [0.5, 0.6) is 5.75 Å². The summed E-state index contributed by atoms with van der Waals surface area (Å²) in [4.78, 5) is 25.4. The van der Waals surface area contributed by atoms with Gasteiger partial charge in [0.25, 0.3) is 0 Å². The number of amides is 1. The number of aryl methyl sites for hydroxylation is 1. The van der Waals surface area contributed by atoms with E-state index in [1.165, 1.54) is 0 Å². The molecule has 10 heteroatoms. The number of benzene rings is 1. The van der Waals surface area contributed by atoms with Crippen LogP contribution < -0.4 is 10.1 Å². The van der Waals surface area contributed by atoms with E-state index in [4.69, 9.17) is 16.3 Å². The number of carboxylic acids is 1. The molecule has 2 heterocycles. The van der Waals surface area contributed by atoms with E-state index in [-0.39, 0.29) is 32.1 Å². The summed E-state index contributed by atoms with van der Waals surface area (Å²) in [7, 11) is 0. The normalized spacial score (nSPS) is 16.6. The summed E-state index contributed by atoms with van der Waals surface area (Å²) >= 11 is 5.88. The number of carboxylic acid groups (broad SMARTS) is 1. The summed E-state index contributed by atoms with van der Waals surface area (Å²) in [5, 5.41) is 20.8. The molecule has 1 aromatic carbocycles. The molecule has 2 N–H and O–H groups in total. The molecule has 0 saturated carbocycles. The van der Waals surface area contributed by atoms with Crippen LogP contribution in [-0.2, 0) is 22.7 Å². The number of aromatic nitrogens is 3. The van der Waals surface area contributed by atoms with Crippen molar-refractivity contribution in [3.63, 3.8) is 0 Å². The maximum absolute atomic E-state index is 12.2. The summed E-state index contributed by atoms with van der Waals surface area (Å²) in [5.41, 5.74) is 0. The van der Waals surface area contributed by atoms with E-state index in [1.54, 1.807) is 40.7 Å². The zero-order valence-corrected chi connectivity index (χ0v) is 15.5. The Balaban J connectivity index is 1.50. The van der Waals surface area contributed by atoms with Crippen LogP contribution in [0.25, 0.3) is 0 Å². The number of aliphatic carboxylic acids is 1. The van der Waals surface area contributed by atoms with E-state index in [0.29, 0.717) is 29.0 Å². The monoisotopic (exact) mass is 393 g/mol. The maximum Gasteiger partial charge on any atom is 0.322 e. The standard InChI is InChI=1S/C17H20ClN5O4/c1-11-20-21-15-9-22(14(17(25)26)8-23(11)15)10-16(24)19-5-6-27-13-4-2-3-12(18)7-13/h2-4,7,14H,5-6,8-10H2,1H3,(H,19,24)(H,25,26). The van der Waals surface area contributed by atoms with E-state index in [1.807, 2.05) is 0 Å². The largest absolute Gasteiger partial charge is 0.492 e. The van der Waals surface area contributed by atoms with Crippen molar-refractivity contribution in [2.24, 2.45) is 0 Å². The second kappa shape index (κ2) is 8.36. The fourth-order valence-corrected chi connectivity index (χ4v) is 3.10. The molecular weight excluding hydrogens is 374 g/mol. The molecule has 1 atom stereocenters. The first-order valence-corrected chi connectivity index (χ1v) is 8.82. The number of nitrogens with zero attached hydrogens (tertiary/aromatic N) is 4. The zero-order chi connectivity index (χ0) is 19.4. The predicted octanol–water partition coefficient (Wildman–Crippen LogP) is 0.704. The average molecular weight is 394 g/mol. The molecule has 1 aliphatic rings. The molecule has 2 aromatic rings. The second-order valence-electron chi connectivity index (χ2n) is 6.19. The summed E-state index contributed by atoms with van der Waals surface area (Å²) in [6.07, 6.45) is 0. The van der Waals surface area contributed by atoms with Crippen LogP contribution in [0.2, 0.25) is 5.02 Å². The number of nitrogens with one attached hydrogen (secondary N) is 1. The third kappa shape index (κ3) is 4.75. The number of hydrogen-bond donors (Lipinski definition) is 2. The number of fused-ring (bicyclic) bond motifs is 1. The van der Waals surface area contributed by atoms with E-state index < -0.39 is 12.0 Å². The molecule has 3 rings (SSSR count). The van der Waals surface area contributed by atoms with Gasteiger partial charge in [-0.3, -0.25) is 14.5 Å². The van der Waals surface area contributed by atoms with Gasteiger partial charge in [0.15, 0.2) is 0 Å². The highest BCUT2D eigenvalue weighted by Crippen LogP contribution is 2.18. The van der Waals surface area contributed by atoms with Crippen molar-refractivity contribution in [3.8, 4) is 5.75 Å². The van der Waals surface area contributed by atoms with Gasteiger partial charge in [0.1, 0.15) is 30.0 Å². The molecule has 1 amide bonds. The number of rotatable bonds is 7. The van der Waals surface area contributed by atoms with Gasteiger partial charge in [0, 0.05) is 5.02 Å². The molecule has 0 bridgehead atoms. The summed E-state index contributed by atoms with van der Waals surface area (Å²) in [6, 6.07) is 6.18. The Morgan fingerprint density at radius 2 is 2.22 bits per heavy atom. The van der Waals surface area contributed by atoms with Gasteiger partial charge in [-0.1, -0.05) is 17.7 Å². The fraction of sp³-hybridized carbons (Fsp3) is 0.412. The van der Waals surface area contributed by atoms with Gasteiger partial charge in [-0.05, 0) is 25.1 Å². The summed E-state index contributed by atoms with van der Waals surface area (Å²) < 4.78 is 7.28. The fourth-order valence-electron chi connectivity index (χ4n) is 2.92. The molecule has 0 aliphatic carbocycles. The number of hydrogen-bond acceptors (Lipinski definition) is 6. The van der Waals surface area contributed by atoms with E-state index in [0.717, 1.165) is 0 Å². The van der Waals surface area contributed by atoms with Crippen LogP contribution in [-0.4, -0.2) is 62.4 Å². The molecule has 0 saturated heterocycles. The molecule has 1 unspecified atom stereocenters. The Bertz CT molecular complexity index is 840. The van der Waals surface area contributed by atoms with Crippen LogP contribution >= 0.6 is 11.6 Å². The van der Waals surface area contributed by atoms with Gasteiger partial charge in [-0.2, -0.15) is 0 Å². The first-order valence-electron chi connectivity index (χ1n) is 8.44. The zero-order valence-electron chi connectivity index (χ0n) is 14.8. The molecule has 0 radical (unpaired) electrons. The molecule has 9 nitrogen and oxygen atoms in total. The number of carbonyl (C=O) groups excluding carboxylic acids is 1. The number of ether oxygens (including phenoxy) is 1. The molecule has 1 aromatic heterocycles. The van der Waals surface area contributed by atoms with E-state index in [9.17, 15) is 14.7 Å². The first kappa shape index (κ1) is 19.1. The SMILES string of the molecule is Cc1nnc2n1CC(C(=O)O)N(CC(=O)NCCOc1cccc(Cl)c1)C2. The third-order valence-electron chi connectivity index (χ3n) is 4.27. The molecular formula is C17H20ClN5O4. The Morgan fingerprint density at radius 3 is 2.96 bits per heavy atom. The molecule has 27 heavy (non-hydrogen) atoms. The Morgan fingerprint density at radius 1 is 1.41 bits per heavy atom. The lowest BCUT2D eigenvalue weighted by molar-refractivity contribution is -0.145. The minimum absolute atomic E-state index is 0.0416. The molecule has 0 fully saturated rings. The van der Waals surface area contributed by atoms with Crippen LogP contribution in [0.1, 0.15) is 11.6 Å². The highest BCUT2D eigenvalue weighted by atomic mass is 35.5. The lowest BCUT2D eigenvalue weighted by Gasteiger charge is -2.32. The highest BCUT2D eigenvalue weighted by Gasteiger charge is 2.34. The summed E-state index contributed by atoms with van der Waals surface area (Å²) in [5.74, 6) is 0.681. The van der Waals surface area contributed by atoms with Crippen LogP contribution in [0.3, 0.4) is 0 Å². The van der Waals surface area contributed by atoms with Crippen molar-refractivity contribution in [2.75, 3.05) is 19.7 Å². The van der Waals surface area contributed by atoms with Crippen molar-refractivity contribution in [2.45, 2.75) is 26.1 Å². The second-order valence-corrected chi connectivity index (χ2v) is 6.63. The number of halogens is 1. The number of carbonyl (C=O) groups is 2. The minimum atomic E-state index is -0.981. The van der Waals surface area contributed by atoms with Gasteiger partial charge in [-0.15, -0.1) is 10.2 Å². The Kier molecular flexibility index (Phi) is 5.92. The topological polar surface area (TPSA) is 110 Å². The quantitative estimate of drug-likeness (QED) is 0.666. The Labute approximate surface area is 160 Å². The van der Waals surface area contributed by atoms with Crippen LogP contribution in [0.15, 0.2) is 24.3 Å². The maximum atomic E-state index is 12.2. The summed E-state index contributed by atoms with van der Waals surface area (Å²) in [6.45, 7) is 2.78. The van der Waals surface area contributed by atoms with E-state index >= 15 is 0 Å².